The quantitative estimate of drug-likeness (QED) is 0.860. The molecule has 78 valence electrons. The van der Waals surface area contributed by atoms with Crippen LogP contribution in [-0.4, -0.2) is 16.3 Å². The predicted octanol–water partition coefficient (Wildman–Crippen LogP) is 2.53. The van der Waals surface area contributed by atoms with Gasteiger partial charge in [-0.3, -0.25) is 0 Å². The third kappa shape index (κ3) is 2.25. The molecule has 0 aliphatic heterocycles. The summed E-state index contributed by atoms with van der Waals surface area (Å²) in [5.41, 5.74) is 0.832. The summed E-state index contributed by atoms with van der Waals surface area (Å²) in [6.07, 6.45) is -0.359. The fourth-order valence-electron chi connectivity index (χ4n) is 1.30. The molecule has 2 N–H and O–H groups in total. The number of benzene rings is 1. The van der Waals surface area contributed by atoms with Gasteiger partial charge in [-0.2, -0.15) is 0 Å². The molecule has 1 unspecified atom stereocenters. The summed E-state index contributed by atoms with van der Waals surface area (Å²) >= 11 is 3.05. The SMILES string of the molecule is Cc1c(F)cc(Br)c(O)c1CC(C)O. The maximum Gasteiger partial charge on any atom is 0.133 e. The average Bonchev–Trinajstić information content (AvgIpc) is 2.09. The van der Waals surface area contributed by atoms with E-state index in [1.54, 1.807) is 13.8 Å². The van der Waals surface area contributed by atoms with Crippen LogP contribution in [0.5, 0.6) is 5.75 Å². The Labute approximate surface area is 90.5 Å². The maximum absolute atomic E-state index is 13.2. The molecule has 4 heteroatoms. The topological polar surface area (TPSA) is 40.5 Å². The number of halogens is 2. The molecule has 1 atom stereocenters. The Morgan fingerprint density at radius 3 is 2.64 bits per heavy atom. The van der Waals surface area contributed by atoms with Crippen LogP contribution in [0, 0.1) is 12.7 Å². The van der Waals surface area contributed by atoms with Crippen molar-refractivity contribution in [1.82, 2.24) is 0 Å². The lowest BCUT2D eigenvalue weighted by atomic mass is 10.0. The summed E-state index contributed by atoms with van der Waals surface area (Å²) in [5, 5.41) is 18.8. The fourth-order valence-corrected chi connectivity index (χ4v) is 1.74. The summed E-state index contributed by atoms with van der Waals surface area (Å²) in [4.78, 5) is 0. The summed E-state index contributed by atoms with van der Waals surface area (Å²) in [7, 11) is 0. The molecule has 14 heavy (non-hydrogen) atoms. The second kappa shape index (κ2) is 4.28. The van der Waals surface area contributed by atoms with Gasteiger partial charge in [0.25, 0.3) is 0 Å². The monoisotopic (exact) mass is 262 g/mol. The van der Waals surface area contributed by atoms with E-state index in [1.807, 2.05) is 0 Å². The van der Waals surface area contributed by atoms with Crippen LogP contribution in [0.3, 0.4) is 0 Å². The van der Waals surface area contributed by atoms with Gasteiger partial charge >= 0.3 is 0 Å². The Morgan fingerprint density at radius 2 is 2.14 bits per heavy atom. The lowest BCUT2D eigenvalue weighted by molar-refractivity contribution is 0.194. The van der Waals surface area contributed by atoms with Crippen molar-refractivity contribution in [2.24, 2.45) is 0 Å². The van der Waals surface area contributed by atoms with E-state index < -0.39 is 6.10 Å². The fraction of sp³-hybridized carbons (Fsp3) is 0.400. The molecule has 0 aliphatic rings. The molecule has 0 saturated heterocycles. The van der Waals surface area contributed by atoms with Crippen LogP contribution < -0.4 is 0 Å². The van der Waals surface area contributed by atoms with Gasteiger partial charge in [-0.25, -0.2) is 4.39 Å². The minimum Gasteiger partial charge on any atom is -0.506 e. The van der Waals surface area contributed by atoms with Crippen LogP contribution in [0.25, 0.3) is 0 Å². The average molecular weight is 263 g/mol. The molecule has 1 rings (SSSR count). The Morgan fingerprint density at radius 1 is 1.57 bits per heavy atom. The summed E-state index contributed by atoms with van der Waals surface area (Å²) < 4.78 is 13.6. The molecule has 2 nitrogen and oxygen atoms in total. The Balaban J connectivity index is 3.25. The van der Waals surface area contributed by atoms with E-state index in [0.29, 0.717) is 15.6 Å². The second-order valence-electron chi connectivity index (χ2n) is 3.35. The normalized spacial score (nSPS) is 12.9. The summed E-state index contributed by atoms with van der Waals surface area (Å²) in [6.45, 7) is 3.18. The van der Waals surface area contributed by atoms with E-state index in [9.17, 15) is 14.6 Å². The highest BCUT2D eigenvalue weighted by Crippen LogP contribution is 2.32. The minimum atomic E-state index is -0.603. The van der Waals surface area contributed by atoms with Gasteiger partial charge in [0.05, 0.1) is 10.6 Å². The van der Waals surface area contributed by atoms with Gasteiger partial charge < -0.3 is 10.2 Å². The Bertz CT molecular complexity index is 324. The highest BCUT2D eigenvalue weighted by Gasteiger charge is 2.14. The molecule has 0 fully saturated rings. The van der Waals surface area contributed by atoms with Crippen LogP contribution in [0.15, 0.2) is 10.5 Å². The van der Waals surface area contributed by atoms with Crippen molar-refractivity contribution >= 4 is 15.9 Å². The number of hydrogen-bond donors (Lipinski definition) is 2. The van der Waals surface area contributed by atoms with Gasteiger partial charge in [0.2, 0.25) is 0 Å². The van der Waals surface area contributed by atoms with Gasteiger partial charge in [0.15, 0.2) is 0 Å². The molecule has 0 heterocycles. The zero-order valence-electron chi connectivity index (χ0n) is 8.01. The van der Waals surface area contributed by atoms with Crippen LogP contribution >= 0.6 is 15.9 Å². The van der Waals surface area contributed by atoms with Gasteiger partial charge in [-0.1, -0.05) is 0 Å². The summed E-state index contributed by atoms with van der Waals surface area (Å²) in [5.74, 6) is -0.380. The number of aromatic hydroxyl groups is 1. The van der Waals surface area contributed by atoms with Crippen molar-refractivity contribution in [3.05, 3.63) is 27.5 Å². The van der Waals surface area contributed by atoms with Crippen molar-refractivity contribution < 1.29 is 14.6 Å². The number of aliphatic hydroxyl groups excluding tert-OH is 1. The maximum atomic E-state index is 13.2. The van der Waals surface area contributed by atoms with E-state index in [2.05, 4.69) is 15.9 Å². The van der Waals surface area contributed by atoms with E-state index >= 15 is 0 Å². The zero-order valence-corrected chi connectivity index (χ0v) is 9.60. The molecule has 1 aromatic carbocycles. The first-order chi connectivity index (χ1) is 6.43. The highest BCUT2D eigenvalue weighted by molar-refractivity contribution is 9.10. The van der Waals surface area contributed by atoms with E-state index in [0.717, 1.165) is 0 Å². The number of phenols is 1. The predicted molar refractivity (Wildman–Crippen MR) is 55.9 cm³/mol. The number of aliphatic hydroxyl groups is 1. The standard InChI is InChI=1S/C10H12BrFO2/c1-5(13)3-7-6(2)9(12)4-8(11)10(7)14/h4-5,13-14H,3H2,1-2H3. The van der Waals surface area contributed by atoms with E-state index in [-0.39, 0.29) is 18.0 Å². The van der Waals surface area contributed by atoms with Gasteiger partial charge in [0, 0.05) is 12.0 Å². The zero-order chi connectivity index (χ0) is 10.9. The Hall–Kier alpha value is -0.610. The first-order valence-corrected chi connectivity index (χ1v) is 5.07. The minimum absolute atomic E-state index is 0.00444. The Kier molecular flexibility index (Phi) is 3.50. The third-order valence-electron chi connectivity index (χ3n) is 2.08. The lowest BCUT2D eigenvalue weighted by Gasteiger charge is -2.12. The molecule has 0 saturated carbocycles. The molecule has 0 spiro atoms. The molecule has 0 bridgehead atoms. The van der Waals surface area contributed by atoms with Crippen LogP contribution in [0.1, 0.15) is 18.1 Å². The van der Waals surface area contributed by atoms with E-state index in [4.69, 9.17) is 0 Å². The highest BCUT2D eigenvalue weighted by atomic mass is 79.9. The third-order valence-corrected chi connectivity index (χ3v) is 2.68. The van der Waals surface area contributed by atoms with Crippen LogP contribution in [-0.2, 0) is 6.42 Å². The lowest BCUT2D eigenvalue weighted by Crippen LogP contribution is -2.07. The van der Waals surface area contributed by atoms with Gasteiger partial charge in [-0.15, -0.1) is 0 Å². The largest absolute Gasteiger partial charge is 0.506 e. The van der Waals surface area contributed by atoms with Crippen LogP contribution in [0.4, 0.5) is 4.39 Å². The molecule has 0 amide bonds. The molecular formula is C10H12BrFO2. The van der Waals surface area contributed by atoms with Crippen molar-refractivity contribution in [1.29, 1.82) is 0 Å². The number of rotatable bonds is 2. The molecular weight excluding hydrogens is 251 g/mol. The molecule has 1 aromatic rings. The van der Waals surface area contributed by atoms with Crippen molar-refractivity contribution in [3.63, 3.8) is 0 Å². The first-order valence-electron chi connectivity index (χ1n) is 4.28. The van der Waals surface area contributed by atoms with Crippen molar-refractivity contribution in [2.45, 2.75) is 26.4 Å². The van der Waals surface area contributed by atoms with Crippen molar-refractivity contribution in [2.75, 3.05) is 0 Å². The number of phenolic OH excluding ortho intramolecular Hbond substituents is 1. The van der Waals surface area contributed by atoms with E-state index in [1.165, 1.54) is 6.07 Å². The van der Waals surface area contributed by atoms with Gasteiger partial charge in [-0.05, 0) is 41.4 Å². The molecule has 0 radical (unpaired) electrons. The molecule has 0 aliphatic carbocycles. The van der Waals surface area contributed by atoms with Crippen LogP contribution in [0.2, 0.25) is 0 Å². The van der Waals surface area contributed by atoms with Gasteiger partial charge in [0.1, 0.15) is 11.6 Å². The second-order valence-corrected chi connectivity index (χ2v) is 4.20. The molecule has 0 aromatic heterocycles. The first kappa shape index (κ1) is 11.5. The summed E-state index contributed by atoms with van der Waals surface area (Å²) in [6, 6.07) is 1.22. The smallest absolute Gasteiger partial charge is 0.133 e. The van der Waals surface area contributed by atoms with Crippen molar-refractivity contribution in [3.8, 4) is 5.75 Å². The number of hydrogen-bond acceptors (Lipinski definition) is 2.